The number of nitrogens with zero attached hydrogens (tertiary/aromatic N) is 4. The van der Waals surface area contributed by atoms with Gasteiger partial charge in [-0.05, 0) is 43.7 Å². The highest BCUT2D eigenvalue weighted by atomic mass is 15.3. The SMILES string of the molecule is CC(NCc1ccc(-n2cccn2)cc1)C(C)n1cccn1. The van der Waals surface area contributed by atoms with Gasteiger partial charge in [0.25, 0.3) is 0 Å². The molecule has 22 heavy (non-hydrogen) atoms. The lowest BCUT2D eigenvalue weighted by Crippen LogP contribution is -2.33. The Morgan fingerprint density at radius 1 is 1.00 bits per heavy atom. The summed E-state index contributed by atoms with van der Waals surface area (Å²) in [6, 6.07) is 13.0. The molecule has 114 valence electrons. The van der Waals surface area contributed by atoms with Crippen molar-refractivity contribution < 1.29 is 0 Å². The molecule has 2 heterocycles. The van der Waals surface area contributed by atoms with Crippen LogP contribution in [0, 0.1) is 0 Å². The molecule has 1 aromatic carbocycles. The molecule has 1 N–H and O–H groups in total. The van der Waals surface area contributed by atoms with Crippen molar-refractivity contribution in [1.29, 1.82) is 0 Å². The van der Waals surface area contributed by atoms with Gasteiger partial charge in [-0.3, -0.25) is 4.68 Å². The minimum absolute atomic E-state index is 0.318. The van der Waals surface area contributed by atoms with Crippen LogP contribution in [0.2, 0.25) is 0 Å². The minimum atomic E-state index is 0.318. The molecular formula is C17H21N5. The monoisotopic (exact) mass is 295 g/mol. The van der Waals surface area contributed by atoms with E-state index in [0.717, 1.165) is 12.2 Å². The number of nitrogens with one attached hydrogen (secondary N) is 1. The number of aromatic nitrogens is 4. The largest absolute Gasteiger partial charge is 0.308 e. The van der Waals surface area contributed by atoms with E-state index in [0.29, 0.717) is 12.1 Å². The molecule has 5 nitrogen and oxygen atoms in total. The summed E-state index contributed by atoms with van der Waals surface area (Å²) < 4.78 is 3.85. The van der Waals surface area contributed by atoms with Gasteiger partial charge in [0, 0.05) is 37.4 Å². The number of benzene rings is 1. The zero-order chi connectivity index (χ0) is 15.4. The fourth-order valence-electron chi connectivity index (χ4n) is 2.39. The Morgan fingerprint density at radius 3 is 2.36 bits per heavy atom. The zero-order valence-electron chi connectivity index (χ0n) is 12.9. The molecule has 0 aliphatic heterocycles. The summed E-state index contributed by atoms with van der Waals surface area (Å²) >= 11 is 0. The van der Waals surface area contributed by atoms with E-state index in [1.165, 1.54) is 5.56 Å². The van der Waals surface area contributed by atoms with Gasteiger partial charge in [0.2, 0.25) is 0 Å². The summed E-state index contributed by atoms with van der Waals surface area (Å²) in [6.45, 7) is 5.20. The third-order valence-corrected chi connectivity index (χ3v) is 4.00. The highest BCUT2D eigenvalue weighted by Crippen LogP contribution is 2.12. The lowest BCUT2D eigenvalue weighted by atomic mass is 10.1. The van der Waals surface area contributed by atoms with Crippen LogP contribution in [0.25, 0.3) is 5.69 Å². The van der Waals surface area contributed by atoms with Crippen LogP contribution in [0.4, 0.5) is 0 Å². The van der Waals surface area contributed by atoms with Crippen molar-refractivity contribution in [1.82, 2.24) is 24.9 Å². The molecule has 0 amide bonds. The summed E-state index contributed by atoms with van der Waals surface area (Å²) in [7, 11) is 0. The first-order valence-electron chi connectivity index (χ1n) is 7.55. The van der Waals surface area contributed by atoms with Crippen molar-refractivity contribution in [2.75, 3.05) is 0 Å². The molecule has 0 spiro atoms. The van der Waals surface area contributed by atoms with Gasteiger partial charge < -0.3 is 5.32 Å². The molecule has 0 fully saturated rings. The Balaban J connectivity index is 1.57. The highest BCUT2D eigenvalue weighted by Gasteiger charge is 2.13. The third kappa shape index (κ3) is 3.26. The van der Waals surface area contributed by atoms with Crippen molar-refractivity contribution in [3.63, 3.8) is 0 Å². The van der Waals surface area contributed by atoms with Crippen molar-refractivity contribution in [2.24, 2.45) is 0 Å². The maximum atomic E-state index is 4.30. The van der Waals surface area contributed by atoms with Gasteiger partial charge in [0.1, 0.15) is 0 Å². The number of hydrogen-bond acceptors (Lipinski definition) is 3. The smallest absolute Gasteiger partial charge is 0.0645 e. The van der Waals surface area contributed by atoms with Crippen LogP contribution in [-0.4, -0.2) is 25.6 Å². The first-order valence-corrected chi connectivity index (χ1v) is 7.55. The predicted molar refractivity (Wildman–Crippen MR) is 86.8 cm³/mol. The normalized spacial score (nSPS) is 13.9. The molecule has 2 aromatic heterocycles. The maximum Gasteiger partial charge on any atom is 0.0645 e. The first-order chi connectivity index (χ1) is 10.7. The van der Waals surface area contributed by atoms with E-state index in [9.17, 15) is 0 Å². The van der Waals surface area contributed by atoms with Crippen LogP contribution < -0.4 is 5.32 Å². The molecule has 0 aliphatic rings. The van der Waals surface area contributed by atoms with E-state index < -0.39 is 0 Å². The molecule has 2 atom stereocenters. The molecular weight excluding hydrogens is 274 g/mol. The van der Waals surface area contributed by atoms with E-state index in [1.54, 1.807) is 6.20 Å². The maximum absolute atomic E-state index is 4.30. The van der Waals surface area contributed by atoms with Crippen LogP contribution in [0.15, 0.2) is 61.2 Å². The first kappa shape index (κ1) is 14.5. The average molecular weight is 295 g/mol. The average Bonchev–Trinajstić information content (AvgIpc) is 3.25. The Bertz CT molecular complexity index is 670. The van der Waals surface area contributed by atoms with E-state index in [1.807, 2.05) is 40.1 Å². The summed E-state index contributed by atoms with van der Waals surface area (Å²) in [5.41, 5.74) is 2.34. The van der Waals surface area contributed by atoms with Crippen molar-refractivity contribution in [3.05, 3.63) is 66.7 Å². The summed E-state index contributed by atoms with van der Waals surface area (Å²) in [5, 5.41) is 12.1. The lowest BCUT2D eigenvalue weighted by Gasteiger charge is -2.22. The number of rotatable bonds is 6. The van der Waals surface area contributed by atoms with Gasteiger partial charge in [-0.15, -0.1) is 0 Å². The molecule has 0 saturated carbocycles. The minimum Gasteiger partial charge on any atom is -0.308 e. The fourth-order valence-corrected chi connectivity index (χ4v) is 2.39. The van der Waals surface area contributed by atoms with E-state index in [4.69, 9.17) is 0 Å². The predicted octanol–water partition coefficient (Wildman–Crippen LogP) is 2.81. The van der Waals surface area contributed by atoms with Gasteiger partial charge in [-0.25, -0.2) is 4.68 Å². The molecule has 0 aliphatic carbocycles. The van der Waals surface area contributed by atoms with Gasteiger partial charge >= 0.3 is 0 Å². The Hall–Kier alpha value is -2.40. The van der Waals surface area contributed by atoms with Gasteiger partial charge in [0.15, 0.2) is 0 Å². The molecule has 0 saturated heterocycles. The van der Waals surface area contributed by atoms with Crippen LogP contribution in [0.5, 0.6) is 0 Å². The Labute approximate surface area is 130 Å². The van der Waals surface area contributed by atoms with Gasteiger partial charge in [-0.1, -0.05) is 12.1 Å². The Kier molecular flexibility index (Phi) is 4.34. The quantitative estimate of drug-likeness (QED) is 0.760. The fraction of sp³-hybridized carbons (Fsp3) is 0.294. The summed E-state index contributed by atoms with van der Waals surface area (Å²) in [5.74, 6) is 0. The summed E-state index contributed by atoms with van der Waals surface area (Å²) in [4.78, 5) is 0. The van der Waals surface area contributed by atoms with Crippen LogP contribution in [0.3, 0.4) is 0 Å². The van der Waals surface area contributed by atoms with E-state index in [2.05, 4.69) is 53.6 Å². The second-order valence-corrected chi connectivity index (χ2v) is 5.51. The zero-order valence-corrected chi connectivity index (χ0v) is 12.9. The lowest BCUT2D eigenvalue weighted by molar-refractivity contribution is 0.365. The van der Waals surface area contributed by atoms with Gasteiger partial charge in [0.05, 0.1) is 11.7 Å². The highest BCUT2D eigenvalue weighted by molar-refractivity contribution is 5.33. The topological polar surface area (TPSA) is 47.7 Å². The third-order valence-electron chi connectivity index (χ3n) is 4.00. The second kappa shape index (κ2) is 6.58. The molecule has 2 unspecified atom stereocenters. The van der Waals surface area contributed by atoms with Crippen molar-refractivity contribution >= 4 is 0 Å². The van der Waals surface area contributed by atoms with Crippen LogP contribution in [0.1, 0.15) is 25.5 Å². The number of hydrogen-bond donors (Lipinski definition) is 1. The molecule has 0 bridgehead atoms. The molecule has 3 rings (SSSR count). The van der Waals surface area contributed by atoms with Crippen molar-refractivity contribution in [2.45, 2.75) is 32.5 Å². The second-order valence-electron chi connectivity index (χ2n) is 5.51. The van der Waals surface area contributed by atoms with Crippen molar-refractivity contribution in [3.8, 4) is 5.69 Å². The van der Waals surface area contributed by atoms with E-state index >= 15 is 0 Å². The van der Waals surface area contributed by atoms with E-state index in [-0.39, 0.29) is 0 Å². The van der Waals surface area contributed by atoms with Gasteiger partial charge in [-0.2, -0.15) is 10.2 Å². The molecule has 0 radical (unpaired) electrons. The van der Waals surface area contributed by atoms with Crippen LogP contribution in [-0.2, 0) is 6.54 Å². The standard InChI is InChI=1S/C17H21N5/c1-14(15(2)21-11-3-9-19-21)18-13-16-5-7-17(8-6-16)22-12-4-10-20-22/h3-12,14-15,18H,13H2,1-2H3. The molecule has 5 heteroatoms. The summed E-state index contributed by atoms with van der Waals surface area (Å²) in [6.07, 6.45) is 7.55. The molecule has 3 aromatic rings. The Morgan fingerprint density at radius 2 is 1.73 bits per heavy atom. The van der Waals surface area contributed by atoms with Crippen LogP contribution >= 0.6 is 0 Å².